The maximum Gasteiger partial charge on any atom is 0.347 e. The number of nitrogens with zero attached hydrogens (tertiary/aromatic N) is 1. The van der Waals surface area contributed by atoms with E-state index in [1.165, 1.54) is 0 Å². The quantitative estimate of drug-likeness (QED) is 0.471. The van der Waals surface area contributed by atoms with Crippen molar-refractivity contribution in [1.29, 1.82) is 0 Å². The van der Waals surface area contributed by atoms with Gasteiger partial charge in [-0.3, -0.25) is 10.1 Å². The van der Waals surface area contributed by atoms with Gasteiger partial charge in [0.2, 0.25) is 0 Å². The molecule has 0 atom stereocenters. The van der Waals surface area contributed by atoms with Gasteiger partial charge in [0.1, 0.15) is 4.86 Å². The Morgan fingerprint density at radius 3 is 2.67 bits per heavy atom. The van der Waals surface area contributed by atoms with Crippen LogP contribution in [0.1, 0.15) is 0 Å². The van der Waals surface area contributed by atoms with Crippen molar-refractivity contribution in [2.45, 2.75) is 0 Å². The van der Waals surface area contributed by atoms with E-state index in [9.17, 15) is 9.59 Å². The second kappa shape index (κ2) is 2.02. The largest absolute Gasteiger partial charge is 0.347 e. The summed E-state index contributed by atoms with van der Waals surface area (Å²) in [5, 5.41) is 1.91. The summed E-state index contributed by atoms with van der Waals surface area (Å²) in [7, 11) is 0. The number of hydrogen-bond donors (Lipinski definition) is 1. The van der Waals surface area contributed by atoms with Crippen LogP contribution in [0.25, 0.3) is 0 Å². The van der Waals surface area contributed by atoms with Crippen LogP contribution in [-0.2, 0) is 4.79 Å². The fourth-order valence-corrected chi connectivity index (χ4v) is 0.471. The summed E-state index contributed by atoms with van der Waals surface area (Å²) >= 11 is 4.47. The van der Waals surface area contributed by atoms with E-state index < -0.39 is 11.9 Å². The monoisotopic (exact) mass is 142 g/mol. The highest BCUT2D eigenvalue weighted by molar-refractivity contribution is 7.83. The molecule has 1 aliphatic heterocycles. The number of carbonyl (C=O) groups excluding carboxylic acids is 2. The van der Waals surface area contributed by atoms with Gasteiger partial charge in [-0.25, -0.2) is 9.79 Å². The Morgan fingerprint density at radius 1 is 1.56 bits per heavy atom. The van der Waals surface area contributed by atoms with Gasteiger partial charge in [-0.05, 0) is 0 Å². The first-order valence-corrected chi connectivity index (χ1v) is 2.54. The molecule has 1 aliphatic rings. The SMILES string of the molecule is O=C1N=CC(=S)C(=O)N1. The topological polar surface area (TPSA) is 58.5 Å². The first-order valence-electron chi connectivity index (χ1n) is 2.13. The number of hydrogen-bond acceptors (Lipinski definition) is 3. The van der Waals surface area contributed by atoms with Crippen molar-refractivity contribution < 1.29 is 9.59 Å². The number of imide groups is 1. The van der Waals surface area contributed by atoms with Crippen LogP contribution in [0.5, 0.6) is 0 Å². The number of rotatable bonds is 0. The lowest BCUT2D eigenvalue weighted by Gasteiger charge is -2.01. The molecule has 0 bridgehead atoms. The molecule has 0 spiro atoms. The predicted octanol–water partition coefficient (Wildman–Crippen LogP) is -0.323. The molecule has 1 heterocycles. The Labute approximate surface area is 56.0 Å². The smallest absolute Gasteiger partial charge is 0.271 e. The van der Waals surface area contributed by atoms with Crippen molar-refractivity contribution in [2.24, 2.45) is 4.99 Å². The molecule has 1 N–H and O–H groups in total. The number of thiocarbonyl (C=S) groups is 1. The summed E-state index contributed by atoms with van der Waals surface area (Å²) in [4.78, 5) is 23.9. The molecule has 4 nitrogen and oxygen atoms in total. The molecular formula is C4H2N2O2S. The fraction of sp³-hybridized carbons (Fsp3) is 0. The van der Waals surface area contributed by atoms with Crippen molar-refractivity contribution in [3.05, 3.63) is 0 Å². The maximum atomic E-state index is 10.4. The minimum Gasteiger partial charge on any atom is -0.271 e. The average molecular weight is 142 g/mol. The Kier molecular flexibility index (Phi) is 1.35. The van der Waals surface area contributed by atoms with Crippen LogP contribution >= 0.6 is 12.2 Å². The molecule has 0 fully saturated rings. The zero-order valence-corrected chi connectivity index (χ0v) is 5.07. The number of urea groups is 1. The van der Waals surface area contributed by atoms with Crippen LogP contribution in [0, 0.1) is 0 Å². The zero-order valence-electron chi connectivity index (χ0n) is 4.25. The molecular weight excluding hydrogens is 140 g/mol. The van der Waals surface area contributed by atoms with Gasteiger partial charge in [0.05, 0.1) is 6.21 Å². The summed E-state index contributed by atoms with van der Waals surface area (Å²) in [6.45, 7) is 0. The standard InChI is InChI=1S/C4H2N2O2S/c7-3-2(9)1-5-4(8)6-3/h1H,(H,6,7,8). The van der Waals surface area contributed by atoms with Crippen LogP contribution in [0.2, 0.25) is 0 Å². The van der Waals surface area contributed by atoms with Crippen LogP contribution in [0.3, 0.4) is 0 Å². The molecule has 0 aliphatic carbocycles. The van der Waals surface area contributed by atoms with Gasteiger partial charge in [-0.15, -0.1) is 0 Å². The van der Waals surface area contributed by atoms with Crippen LogP contribution in [0.4, 0.5) is 4.79 Å². The lowest BCUT2D eigenvalue weighted by atomic mass is 10.4. The van der Waals surface area contributed by atoms with E-state index in [0.29, 0.717) is 0 Å². The molecule has 0 radical (unpaired) electrons. The maximum absolute atomic E-state index is 10.4. The molecule has 46 valence electrons. The van der Waals surface area contributed by atoms with Gasteiger partial charge in [-0.2, -0.15) is 0 Å². The summed E-state index contributed by atoms with van der Waals surface area (Å²) in [6.07, 6.45) is 1.07. The van der Waals surface area contributed by atoms with Gasteiger partial charge in [0.15, 0.2) is 0 Å². The zero-order chi connectivity index (χ0) is 6.85. The summed E-state index contributed by atoms with van der Waals surface area (Å²) in [5.41, 5.74) is 0. The van der Waals surface area contributed by atoms with E-state index in [4.69, 9.17) is 0 Å². The lowest BCUT2D eigenvalue weighted by Crippen LogP contribution is -2.38. The molecule has 0 saturated carbocycles. The minimum atomic E-state index is -0.659. The molecule has 1 rings (SSSR count). The second-order valence-electron chi connectivity index (χ2n) is 1.38. The third kappa shape index (κ3) is 1.17. The van der Waals surface area contributed by atoms with Gasteiger partial charge >= 0.3 is 6.03 Å². The summed E-state index contributed by atoms with van der Waals surface area (Å²) < 4.78 is 0. The van der Waals surface area contributed by atoms with Gasteiger partial charge < -0.3 is 0 Å². The number of nitrogens with one attached hydrogen (secondary N) is 1. The Balaban J connectivity index is 2.89. The van der Waals surface area contributed by atoms with Crippen molar-refractivity contribution >= 4 is 35.2 Å². The first kappa shape index (κ1) is 6.03. The van der Waals surface area contributed by atoms with Crippen molar-refractivity contribution in [3.63, 3.8) is 0 Å². The van der Waals surface area contributed by atoms with Gasteiger partial charge in [0.25, 0.3) is 5.91 Å². The molecule has 9 heavy (non-hydrogen) atoms. The Hall–Kier alpha value is -1.10. The van der Waals surface area contributed by atoms with E-state index in [1.807, 2.05) is 5.32 Å². The van der Waals surface area contributed by atoms with Crippen LogP contribution in [-0.4, -0.2) is 23.0 Å². The molecule has 3 amide bonds. The number of carbonyl (C=O) groups is 2. The van der Waals surface area contributed by atoms with E-state index in [2.05, 4.69) is 17.2 Å². The molecule has 0 unspecified atom stereocenters. The Bertz CT molecular complexity index is 221. The molecule has 5 heteroatoms. The molecule has 0 aromatic heterocycles. The van der Waals surface area contributed by atoms with E-state index in [-0.39, 0.29) is 4.86 Å². The van der Waals surface area contributed by atoms with Crippen molar-refractivity contribution in [2.75, 3.05) is 0 Å². The first-order chi connectivity index (χ1) is 4.20. The lowest BCUT2D eigenvalue weighted by molar-refractivity contribution is -0.113. The summed E-state index contributed by atoms with van der Waals surface area (Å²) in [5.74, 6) is -0.551. The van der Waals surface area contributed by atoms with Crippen molar-refractivity contribution in [1.82, 2.24) is 5.32 Å². The highest BCUT2D eigenvalue weighted by Gasteiger charge is 2.14. The highest BCUT2D eigenvalue weighted by Crippen LogP contribution is 1.84. The third-order valence-electron chi connectivity index (χ3n) is 0.743. The van der Waals surface area contributed by atoms with E-state index in [0.717, 1.165) is 6.21 Å². The third-order valence-corrected chi connectivity index (χ3v) is 1.03. The molecule has 0 aromatic rings. The average Bonchev–Trinajstić information content (AvgIpc) is 1.80. The number of amides is 3. The fourth-order valence-electron chi connectivity index (χ4n) is 0.367. The normalized spacial score (nSPS) is 18.0. The molecule has 0 saturated heterocycles. The van der Waals surface area contributed by atoms with E-state index >= 15 is 0 Å². The second-order valence-corrected chi connectivity index (χ2v) is 1.82. The van der Waals surface area contributed by atoms with Gasteiger partial charge in [0, 0.05) is 0 Å². The van der Waals surface area contributed by atoms with Crippen LogP contribution in [0.15, 0.2) is 4.99 Å². The minimum absolute atomic E-state index is 0.0367. The number of aliphatic imine (C=N–C) groups is 1. The van der Waals surface area contributed by atoms with Crippen molar-refractivity contribution in [3.8, 4) is 0 Å². The van der Waals surface area contributed by atoms with E-state index in [1.54, 1.807) is 0 Å². The predicted molar refractivity (Wildman–Crippen MR) is 34.6 cm³/mol. The Morgan fingerprint density at radius 2 is 2.22 bits per heavy atom. The van der Waals surface area contributed by atoms with Gasteiger partial charge in [-0.1, -0.05) is 12.2 Å². The van der Waals surface area contributed by atoms with Crippen LogP contribution < -0.4 is 5.32 Å². The highest BCUT2D eigenvalue weighted by atomic mass is 32.1. The summed E-state index contributed by atoms with van der Waals surface area (Å²) in [6, 6.07) is -0.659. The molecule has 0 aromatic carbocycles.